The van der Waals surface area contributed by atoms with Crippen molar-refractivity contribution in [1.82, 2.24) is 19.6 Å². The molecule has 0 aliphatic carbocycles. The molecule has 0 aliphatic heterocycles. The number of hydrogen-bond donors (Lipinski definition) is 1. The normalized spacial score (nSPS) is 11.2. The van der Waals surface area contributed by atoms with Crippen LogP contribution in [0.3, 0.4) is 0 Å². The summed E-state index contributed by atoms with van der Waals surface area (Å²) in [6.07, 6.45) is 3.79. The van der Waals surface area contributed by atoms with E-state index in [1.807, 2.05) is 35.2 Å². The summed E-state index contributed by atoms with van der Waals surface area (Å²) < 4.78 is 2.00. The molecule has 2 N–H and O–H groups in total. The summed E-state index contributed by atoms with van der Waals surface area (Å²) in [4.78, 5) is 5.27. The van der Waals surface area contributed by atoms with Gasteiger partial charge in [0.15, 0.2) is 4.96 Å². The summed E-state index contributed by atoms with van der Waals surface area (Å²) in [7, 11) is 0. The molecule has 6 heteroatoms. The van der Waals surface area contributed by atoms with Gasteiger partial charge in [0.05, 0.1) is 17.6 Å². The zero-order valence-corrected chi connectivity index (χ0v) is 10.1. The van der Waals surface area contributed by atoms with Crippen LogP contribution in [0.2, 0.25) is 0 Å². The molecular weight excluding hydrogens is 234 g/mol. The Hall–Kier alpha value is -1.79. The SMILES string of the molecule is Cc1nnc(-c2cnc3sccn23)cc1CN. The van der Waals surface area contributed by atoms with Crippen molar-refractivity contribution in [3.63, 3.8) is 0 Å². The number of nitrogens with two attached hydrogens (primary N) is 1. The first-order valence-electron chi connectivity index (χ1n) is 5.24. The monoisotopic (exact) mass is 245 g/mol. The topological polar surface area (TPSA) is 69.1 Å². The minimum Gasteiger partial charge on any atom is -0.326 e. The van der Waals surface area contributed by atoms with Crippen LogP contribution in [-0.4, -0.2) is 19.6 Å². The summed E-state index contributed by atoms with van der Waals surface area (Å²) in [5.41, 5.74) is 9.32. The van der Waals surface area contributed by atoms with Crippen molar-refractivity contribution in [2.24, 2.45) is 5.73 Å². The second-order valence-electron chi connectivity index (χ2n) is 3.74. The number of imidazole rings is 1. The highest BCUT2D eigenvalue weighted by Crippen LogP contribution is 2.22. The largest absolute Gasteiger partial charge is 0.326 e. The number of rotatable bonds is 2. The highest BCUT2D eigenvalue weighted by molar-refractivity contribution is 7.15. The first-order chi connectivity index (χ1) is 8.29. The fraction of sp³-hybridized carbons (Fsp3) is 0.182. The van der Waals surface area contributed by atoms with Crippen molar-refractivity contribution in [2.75, 3.05) is 0 Å². The van der Waals surface area contributed by atoms with Gasteiger partial charge in [-0.2, -0.15) is 5.10 Å². The Morgan fingerprint density at radius 2 is 2.29 bits per heavy atom. The van der Waals surface area contributed by atoms with Crippen LogP contribution < -0.4 is 5.73 Å². The third kappa shape index (κ3) is 1.62. The molecule has 3 aromatic heterocycles. The third-order valence-corrected chi connectivity index (χ3v) is 3.48. The average Bonchev–Trinajstić information content (AvgIpc) is 2.92. The number of aromatic nitrogens is 4. The Bertz CT molecular complexity index is 669. The molecule has 0 unspecified atom stereocenters. The molecule has 3 aromatic rings. The maximum absolute atomic E-state index is 5.68. The molecular formula is C11H11N5S. The fourth-order valence-electron chi connectivity index (χ4n) is 1.74. The summed E-state index contributed by atoms with van der Waals surface area (Å²) in [6.45, 7) is 2.38. The lowest BCUT2D eigenvalue weighted by atomic mass is 10.2. The van der Waals surface area contributed by atoms with Crippen LogP contribution in [0.15, 0.2) is 23.8 Å². The lowest BCUT2D eigenvalue weighted by molar-refractivity contribution is 0.920. The van der Waals surface area contributed by atoms with E-state index in [-0.39, 0.29) is 0 Å². The van der Waals surface area contributed by atoms with E-state index in [4.69, 9.17) is 5.73 Å². The Balaban J connectivity index is 2.19. The predicted octanol–water partition coefficient (Wildman–Crippen LogP) is 1.62. The van der Waals surface area contributed by atoms with Gasteiger partial charge in [0.25, 0.3) is 0 Å². The second kappa shape index (κ2) is 3.90. The molecule has 0 radical (unpaired) electrons. The molecule has 5 nitrogen and oxygen atoms in total. The van der Waals surface area contributed by atoms with E-state index in [2.05, 4.69) is 15.2 Å². The van der Waals surface area contributed by atoms with E-state index >= 15 is 0 Å². The van der Waals surface area contributed by atoms with Crippen LogP contribution in [0.4, 0.5) is 0 Å². The van der Waals surface area contributed by atoms with Crippen molar-refractivity contribution in [1.29, 1.82) is 0 Å². The van der Waals surface area contributed by atoms with Gasteiger partial charge in [-0.3, -0.25) is 4.40 Å². The molecule has 0 fully saturated rings. The third-order valence-electron chi connectivity index (χ3n) is 2.71. The molecule has 86 valence electrons. The zero-order valence-electron chi connectivity index (χ0n) is 9.29. The zero-order chi connectivity index (χ0) is 11.8. The molecule has 3 rings (SSSR count). The van der Waals surface area contributed by atoms with Crippen LogP contribution in [0.1, 0.15) is 11.3 Å². The Kier molecular flexibility index (Phi) is 2.38. The van der Waals surface area contributed by atoms with E-state index in [9.17, 15) is 0 Å². The van der Waals surface area contributed by atoms with Gasteiger partial charge >= 0.3 is 0 Å². The smallest absolute Gasteiger partial charge is 0.194 e. The standard InChI is InChI=1S/C11H11N5S/c1-7-8(5-12)4-9(15-14-7)10-6-13-11-16(10)2-3-17-11/h2-4,6H,5,12H2,1H3. The highest BCUT2D eigenvalue weighted by atomic mass is 32.1. The van der Waals surface area contributed by atoms with E-state index in [0.717, 1.165) is 27.6 Å². The lowest BCUT2D eigenvalue weighted by Gasteiger charge is -2.03. The van der Waals surface area contributed by atoms with Crippen LogP contribution in [-0.2, 0) is 6.54 Å². The van der Waals surface area contributed by atoms with Crippen molar-refractivity contribution in [3.8, 4) is 11.4 Å². The van der Waals surface area contributed by atoms with Crippen LogP contribution in [0.5, 0.6) is 0 Å². The average molecular weight is 245 g/mol. The maximum Gasteiger partial charge on any atom is 0.194 e. The maximum atomic E-state index is 5.68. The molecule has 0 saturated heterocycles. The predicted molar refractivity (Wildman–Crippen MR) is 66.7 cm³/mol. The molecule has 0 amide bonds. The van der Waals surface area contributed by atoms with Gasteiger partial charge in [0.2, 0.25) is 0 Å². The fourth-order valence-corrected chi connectivity index (χ4v) is 2.43. The van der Waals surface area contributed by atoms with E-state index < -0.39 is 0 Å². The van der Waals surface area contributed by atoms with Crippen LogP contribution in [0, 0.1) is 6.92 Å². The van der Waals surface area contributed by atoms with Gasteiger partial charge in [-0.15, -0.1) is 16.4 Å². The van der Waals surface area contributed by atoms with Crippen molar-refractivity contribution in [3.05, 3.63) is 35.1 Å². The minimum absolute atomic E-state index is 0.472. The first-order valence-corrected chi connectivity index (χ1v) is 6.12. The number of thiazole rings is 1. The number of hydrogen-bond acceptors (Lipinski definition) is 5. The van der Waals surface area contributed by atoms with Crippen molar-refractivity contribution >= 4 is 16.3 Å². The van der Waals surface area contributed by atoms with Gasteiger partial charge in [-0.05, 0) is 18.6 Å². The molecule has 0 bridgehead atoms. The van der Waals surface area contributed by atoms with Gasteiger partial charge in [-0.1, -0.05) is 0 Å². The summed E-state index contributed by atoms with van der Waals surface area (Å²) in [6, 6.07) is 1.98. The van der Waals surface area contributed by atoms with Gasteiger partial charge in [0, 0.05) is 18.1 Å². The molecule has 0 spiro atoms. The quantitative estimate of drug-likeness (QED) is 0.745. The molecule has 0 aliphatic rings. The Morgan fingerprint density at radius 3 is 3.12 bits per heavy atom. The first kappa shape index (κ1) is 10.4. The lowest BCUT2D eigenvalue weighted by Crippen LogP contribution is -2.03. The van der Waals surface area contributed by atoms with E-state index in [1.54, 1.807) is 11.3 Å². The number of nitrogens with zero attached hydrogens (tertiary/aromatic N) is 4. The van der Waals surface area contributed by atoms with Crippen LogP contribution in [0.25, 0.3) is 16.3 Å². The number of aryl methyl sites for hydroxylation is 1. The molecule has 17 heavy (non-hydrogen) atoms. The summed E-state index contributed by atoms with van der Waals surface area (Å²) in [5.74, 6) is 0. The van der Waals surface area contributed by atoms with Crippen molar-refractivity contribution in [2.45, 2.75) is 13.5 Å². The van der Waals surface area contributed by atoms with Crippen LogP contribution >= 0.6 is 11.3 Å². The van der Waals surface area contributed by atoms with Gasteiger partial charge in [0.1, 0.15) is 5.69 Å². The molecule has 3 heterocycles. The highest BCUT2D eigenvalue weighted by Gasteiger charge is 2.10. The molecule has 0 atom stereocenters. The minimum atomic E-state index is 0.472. The molecule has 0 saturated carbocycles. The number of fused-ring (bicyclic) bond motifs is 1. The second-order valence-corrected chi connectivity index (χ2v) is 4.62. The molecule has 0 aromatic carbocycles. The Labute approximate surface area is 102 Å². The Morgan fingerprint density at radius 1 is 1.41 bits per heavy atom. The van der Waals surface area contributed by atoms with Gasteiger partial charge < -0.3 is 5.73 Å². The van der Waals surface area contributed by atoms with Gasteiger partial charge in [-0.25, -0.2) is 4.98 Å². The van der Waals surface area contributed by atoms with E-state index in [0.29, 0.717) is 6.54 Å². The van der Waals surface area contributed by atoms with Crippen molar-refractivity contribution < 1.29 is 0 Å². The summed E-state index contributed by atoms with van der Waals surface area (Å²) in [5, 5.41) is 10.3. The summed E-state index contributed by atoms with van der Waals surface area (Å²) >= 11 is 1.59. The van der Waals surface area contributed by atoms with E-state index in [1.165, 1.54) is 0 Å².